The van der Waals surface area contributed by atoms with E-state index in [0.717, 1.165) is 30.7 Å². The molecule has 1 aromatic carbocycles. The molecule has 0 radical (unpaired) electrons. The van der Waals surface area contributed by atoms with Gasteiger partial charge >= 0.3 is 0 Å². The normalized spacial score (nSPS) is 36.4. The van der Waals surface area contributed by atoms with Crippen molar-refractivity contribution in [1.82, 2.24) is 5.32 Å². The number of carbonyl (C=O) groups is 2. The van der Waals surface area contributed by atoms with Gasteiger partial charge in [0, 0.05) is 0 Å². The first-order valence-corrected chi connectivity index (χ1v) is 10.8. The van der Waals surface area contributed by atoms with Crippen LogP contribution in [0.5, 0.6) is 5.75 Å². The Morgan fingerprint density at radius 3 is 2.21 bits per heavy atom. The van der Waals surface area contributed by atoms with E-state index in [9.17, 15) is 9.59 Å². The minimum atomic E-state index is -0.386. The van der Waals surface area contributed by atoms with Crippen LogP contribution in [0.4, 0.5) is 5.69 Å². The Hall–Kier alpha value is -1.88. The number of methoxy groups -OCH3 is 1. The number of nitrogens with one attached hydrogen (secondary N) is 1. The summed E-state index contributed by atoms with van der Waals surface area (Å²) in [6, 6.07) is 6.72. The number of ether oxygens (including phenoxy) is 1. The van der Waals surface area contributed by atoms with Crippen LogP contribution >= 0.6 is 0 Å². The first kappa shape index (κ1) is 18.2. The molecule has 4 aliphatic carbocycles. The summed E-state index contributed by atoms with van der Waals surface area (Å²) >= 11 is 0. The standard InChI is InChI=1S/C23H30N2O3/c1-28-19-4-2-18(3-5-19)25-21(26)11-20(22(25)27)24-7-6-23-12-15-8-16(13-23)10-17(9-15)14-23/h2-5,15-17,20,24H,6-14H2,1H3/t15?,16?,17?,20-,23?/m1/s1. The fourth-order valence-electron chi connectivity index (χ4n) is 6.90. The molecular weight excluding hydrogens is 352 g/mol. The van der Waals surface area contributed by atoms with E-state index in [2.05, 4.69) is 5.32 Å². The third kappa shape index (κ3) is 3.14. The van der Waals surface area contributed by atoms with Crippen LogP contribution in [0.2, 0.25) is 0 Å². The molecule has 150 valence electrons. The highest BCUT2D eigenvalue weighted by Crippen LogP contribution is 2.61. The highest BCUT2D eigenvalue weighted by atomic mass is 16.5. The van der Waals surface area contributed by atoms with Crippen molar-refractivity contribution in [3.63, 3.8) is 0 Å². The number of nitrogens with zero attached hydrogens (tertiary/aromatic N) is 1. The van der Waals surface area contributed by atoms with E-state index in [-0.39, 0.29) is 24.3 Å². The van der Waals surface area contributed by atoms with E-state index >= 15 is 0 Å². The molecule has 0 spiro atoms. The van der Waals surface area contributed by atoms with Crippen LogP contribution in [0.1, 0.15) is 51.4 Å². The van der Waals surface area contributed by atoms with Crippen molar-refractivity contribution in [1.29, 1.82) is 0 Å². The van der Waals surface area contributed by atoms with Gasteiger partial charge in [0.15, 0.2) is 0 Å². The Morgan fingerprint density at radius 2 is 1.64 bits per heavy atom. The topological polar surface area (TPSA) is 58.6 Å². The molecule has 2 amide bonds. The zero-order chi connectivity index (χ0) is 19.3. The van der Waals surface area contributed by atoms with E-state index < -0.39 is 0 Å². The van der Waals surface area contributed by atoms with Crippen molar-refractivity contribution in [3.05, 3.63) is 24.3 Å². The molecule has 1 aliphatic heterocycles. The Morgan fingerprint density at radius 1 is 1.04 bits per heavy atom. The third-order valence-corrected chi connectivity index (χ3v) is 7.69. The third-order valence-electron chi connectivity index (χ3n) is 7.69. The van der Waals surface area contributed by atoms with E-state index in [4.69, 9.17) is 4.74 Å². The summed E-state index contributed by atoms with van der Waals surface area (Å²) in [4.78, 5) is 26.6. The van der Waals surface area contributed by atoms with Crippen LogP contribution in [-0.4, -0.2) is 31.5 Å². The Kier molecular flexibility index (Phi) is 4.46. The van der Waals surface area contributed by atoms with Gasteiger partial charge < -0.3 is 10.1 Å². The molecule has 28 heavy (non-hydrogen) atoms. The molecule has 0 unspecified atom stereocenters. The lowest BCUT2D eigenvalue weighted by atomic mass is 9.49. The van der Waals surface area contributed by atoms with Crippen LogP contribution in [0.15, 0.2) is 24.3 Å². The summed E-state index contributed by atoms with van der Waals surface area (Å²) < 4.78 is 5.16. The van der Waals surface area contributed by atoms with Crippen LogP contribution < -0.4 is 15.0 Å². The lowest BCUT2D eigenvalue weighted by molar-refractivity contribution is -0.121. The predicted octanol–water partition coefficient (Wildman–Crippen LogP) is 3.52. The smallest absolute Gasteiger partial charge is 0.251 e. The van der Waals surface area contributed by atoms with Gasteiger partial charge in [0.25, 0.3) is 5.91 Å². The molecule has 1 N–H and O–H groups in total. The fourth-order valence-corrected chi connectivity index (χ4v) is 6.90. The second-order valence-corrected chi connectivity index (χ2v) is 9.64. The molecule has 1 saturated heterocycles. The average molecular weight is 383 g/mol. The van der Waals surface area contributed by atoms with Gasteiger partial charge in [0.05, 0.1) is 25.3 Å². The van der Waals surface area contributed by atoms with Gasteiger partial charge in [0.1, 0.15) is 5.75 Å². The maximum absolute atomic E-state index is 12.8. The van der Waals surface area contributed by atoms with Crippen molar-refractivity contribution in [2.24, 2.45) is 23.2 Å². The zero-order valence-electron chi connectivity index (χ0n) is 16.7. The number of anilines is 1. The largest absolute Gasteiger partial charge is 0.497 e. The maximum atomic E-state index is 12.8. The second kappa shape index (κ2) is 6.87. The monoisotopic (exact) mass is 382 g/mol. The lowest BCUT2D eigenvalue weighted by Crippen LogP contribution is -2.48. The molecule has 5 fully saturated rings. The van der Waals surface area contributed by atoms with Gasteiger partial charge in [-0.05, 0) is 98.9 Å². The van der Waals surface area contributed by atoms with E-state index in [1.807, 2.05) is 0 Å². The number of rotatable bonds is 6. The van der Waals surface area contributed by atoms with E-state index in [0.29, 0.717) is 16.9 Å². The second-order valence-electron chi connectivity index (χ2n) is 9.64. The number of amides is 2. The molecule has 4 bridgehead atoms. The predicted molar refractivity (Wildman–Crippen MR) is 107 cm³/mol. The fraction of sp³-hybridized carbons (Fsp3) is 0.652. The van der Waals surface area contributed by atoms with Crippen molar-refractivity contribution < 1.29 is 14.3 Å². The van der Waals surface area contributed by atoms with E-state index in [1.165, 1.54) is 43.4 Å². The number of hydrogen-bond acceptors (Lipinski definition) is 4. The number of carbonyl (C=O) groups excluding carboxylic acids is 2. The minimum absolute atomic E-state index is 0.123. The molecular formula is C23H30N2O3. The van der Waals surface area contributed by atoms with Crippen LogP contribution in [0.25, 0.3) is 0 Å². The molecule has 6 rings (SSSR count). The molecule has 1 heterocycles. The summed E-state index contributed by atoms with van der Waals surface area (Å²) in [5.74, 6) is 3.32. The summed E-state index contributed by atoms with van der Waals surface area (Å²) in [7, 11) is 1.60. The van der Waals surface area contributed by atoms with Crippen molar-refractivity contribution in [2.45, 2.75) is 57.4 Å². The average Bonchev–Trinajstić information content (AvgIpc) is 2.94. The van der Waals surface area contributed by atoms with Gasteiger partial charge in [-0.1, -0.05) is 0 Å². The molecule has 4 saturated carbocycles. The Labute approximate surface area is 166 Å². The highest BCUT2D eigenvalue weighted by molar-refractivity contribution is 6.22. The molecule has 5 nitrogen and oxygen atoms in total. The van der Waals surface area contributed by atoms with Crippen LogP contribution in [0, 0.1) is 23.2 Å². The van der Waals surface area contributed by atoms with Crippen molar-refractivity contribution in [2.75, 3.05) is 18.6 Å². The molecule has 1 aromatic rings. The van der Waals surface area contributed by atoms with Gasteiger partial charge in [0.2, 0.25) is 5.91 Å². The van der Waals surface area contributed by atoms with E-state index in [1.54, 1.807) is 31.4 Å². The SMILES string of the molecule is COc1ccc(N2C(=O)C[C@@H](NCCC34CC5CC(CC(C5)C3)C4)C2=O)cc1. The molecule has 1 atom stereocenters. The lowest BCUT2D eigenvalue weighted by Gasteiger charge is -2.57. The first-order chi connectivity index (χ1) is 13.5. The van der Waals surface area contributed by atoms with Crippen molar-refractivity contribution >= 4 is 17.5 Å². The summed E-state index contributed by atoms with van der Waals surface area (Å²) in [5, 5.41) is 3.42. The van der Waals surface area contributed by atoms with Crippen LogP contribution in [-0.2, 0) is 9.59 Å². The summed E-state index contributed by atoms with van der Waals surface area (Å²) in [5.41, 5.74) is 1.13. The van der Waals surface area contributed by atoms with Gasteiger partial charge in [-0.2, -0.15) is 0 Å². The van der Waals surface area contributed by atoms with Crippen LogP contribution in [0.3, 0.4) is 0 Å². The highest BCUT2D eigenvalue weighted by Gasteiger charge is 2.50. The molecule has 5 aliphatic rings. The van der Waals surface area contributed by atoms with Gasteiger partial charge in [-0.25, -0.2) is 4.90 Å². The quantitative estimate of drug-likeness (QED) is 0.765. The number of imide groups is 1. The Bertz CT molecular complexity index is 737. The van der Waals surface area contributed by atoms with Gasteiger partial charge in [-0.15, -0.1) is 0 Å². The molecule has 5 heteroatoms. The molecule has 0 aromatic heterocycles. The first-order valence-electron chi connectivity index (χ1n) is 10.8. The Balaban J connectivity index is 1.20. The van der Waals surface area contributed by atoms with Gasteiger partial charge in [-0.3, -0.25) is 9.59 Å². The zero-order valence-corrected chi connectivity index (χ0v) is 16.7. The maximum Gasteiger partial charge on any atom is 0.251 e. The number of hydrogen-bond donors (Lipinski definition) is 1. The summed E-state index contributed by atoms with van der Waals surface area (Å²) in [6.07, 6.45) is 9.93. The number of benzene rings is 1. The van der Waals surface area contributed by atoms with Crippen molar-refractivity contribution in [3.8, 4) is 5.75 Å². The minimum Gasteiger partial charge on any atom is -0.497 e. The summed E-state index contributed by atoms with van der Waals surface area (Å²) in [6.45, 7) is 0.840.